The fourth-order valence-corrected chi connectivity index (χ4v) is 2.72. The second-order valence-corrected chi connectivity index (χ2v) is 5.50. The normalized spacial score (nSPS) is 27.7. The van der Waals surface area contributed by atoms with Gasteiger partial charge in [0, 0.05) is 24.0 Å². The number of rotatable bonds is 4. The summed E-state index contributed by atoms with van der Waals surface area (Å²) in [7, 11) is 0. The Labute approximate surface area is 110 Å². The third-order valence-electron chi connectivity index (χ3n) is 3.84. The largest absolute Gasteiger partial charge is 0.368 e. The smallest absolute Gasteiger partial charge is 0.0991 e. The van der Waals surface area contributed by atoms with Gasteiger partial charge in [0.2, 0.25) is 0 Å². The highest BCUT2D eigenvalue weighted by Crippen LogP contribution is 2.31. The minimum Gasteiger partial charge on any atom is -0.368 e. The van der Waals surface area contributed by atoms with E-state index >= 15 is 0 Å². The lowest BCUT2D eigenvalue weighted by Gasteiger charge is -2.34. The molecule has 4 unspecified atom stereocenters. The summed E-state index contributed by atoms with van der Waals surface area (Å²) in [6.45, 7) is 4.29. The summed E-state index contributed by atoms with van der Waals surface area (Å²) >= 11 is 0. The Hall–Kier alpha value is -0.930. The van der Waals surface area contributed by atoms with Crippen molar-refractivity contribution in [3.05, 3.63) is 30.1 Å². The van der Waals surface area contributed by atoms with Gasteiger partial charge in [0.15, 0.2) is 0 Å². The second kappa shape index (κ2) is 6.30. The van der Waals surface area contributed by atoms with Gasteiger partial charge in [-0.05, 0) is 31.7 Å². The minimum atomic E-state index is -0.0377. The van der Waals surface area contributed by atoms with E-state index in [0.717, 1.165) is 12.0 Å². The van der Waals surface area contributed by atoms with Crippen molar-refractivity contribution >= 4 is 0 Å². The van der Waals surface area contributed by atoms with E-state index in [9.17, 15) is 0 Å². The van der Waals surface area contributed by atoms with Crippen LogP contribution in [0.5, 0.6) is 0 Å². The van der Waals surface area contributed by atoms with Crippen LogP contribution < -0.4 is 5.73 Å². The maximum atomic E-state index is 6.29. The number of pyridine rings is 1. The van der Waals surface area contributed by atoms with E-state index in [0.29, 0.717) is 12.0 Å². The first kappa shape index (κ1) is 13.5. The summed E-state index contributed by atoms with van der Waals surface area (Å²) < 4.78 is 6.29. The summed E-state index contributed by atoms with van der Waals surface area (Å²) in [6, 6.07) is 3.98. The van der Waals surface area contributed by atoms with Crippen LogP contribution in [0.3, 0.4) is 0 Å². The van der Waals surface area contributed by atoms with Crippen LogP contribution in [0.4, 0.5) is 0 Å². The molecule has 18 heavy (non-hydrogen) atoms. The number of ether oxygens (including phenoxy) is 1. The molecule has 1 aliphatic carbocycles. The highest BCUT2D eigenvalue weighted by molar-refractivity contribution is 5.14. The van der Waals surface area contributed by atoms with Crippen LogP contribution in [0.2, 0.25) is 0 Å². The Bertz CT molecular complexity index is 353. The van der Waals surface area contributed by atoms with Gasteiger partial charge in [-0.15, -0.1) is 0 Å². The molecule has 3 nitrogen and oxygen atoms in total. The zero-order chi connectivity index (χ0) is 13.0. The van der Waals surface area contributed by atoms with Crippen molar-refractivity contribution in [1.29, 1.82) is 0 Å². The van der Waals surface area contributed by atoms with Crippen LogP contribution in [0.15, 0.2) is 24.5 Å². The Morgan fingerprint density at radius 2 is 2.17 bits per heavy atom. The molecule has 0 amide bonds. The van der Waals surface area contributed by atoms with Crippen molar-refractivity contribution in [3.63, 3.8) is 0 Å². The minimum absolute atomic E-state index is 0.0108. The summed E-state index contributed by atoms with van der Waals surface area (Å²) in [5.74, 6) is 0.636. The molecule has 1 aromatic heterocycles. The highest BCUT2D eigenvalue weighted by Gasteiger charge is 2.27. The van der Waals surface area contributed by atoms with Gasteiger partial charge in [-0.25, -0.2) is 0 Å². The van der Waals surface area contributed by atoms with Crippen LogP contribution in [0.1, 0.15) is 51.2 Å². The Balaban J connectivity index is 2.07. The molecule has 2 N–H and O–H groups in total. The molecule has 100 valence electrons. The maximum Gasteiger partial charge on any atom is 0.0991 e. The molecular weight excluding hydrogens is 224 g/mol. The second-order valence-electron chi connectivity index (χ2n) is 5.50. The summed E-state index contributed by atoms with van der Waals surface area (Å²) in [5, 5.41) is 0. The van der Waals surface area contributed by atoms with Crippen LogP contribution in [-0.2, 0) is 4.74 Å². The number of hydrogen-bond acceptors (Lipinski definition) is 3. The molecule has 4 atom stereocenters. The summed E-state index contributed by atoms with van der Waals surface area (Å²) in [4.78, 5) is 4.16. The molecule has 0 radical (unpaired) electrons. The van der Waals surface area contributed by atoms with Crippen molar-refractivity contribution in [2.24, 2.45) is 11.7 Å². The van der Waals surface area contributed by atoms with Gasteiger partial charge < -0.3 is 10.5 Å². The lowest BCUT2D eigenvalue weighted by molar-refractivity contribution is -0.0653. The SMILES string of the molecule is CC(N)C(OC1CCCCC1C)c1cccnc1. The fourth-order valence-electron chi connectivity index (χ4n) is 2.72. The monoisotopic (exact) mass is 248 g/mol. The average molecular weight is 248 g/mol. The quantitative estimate of drug-likeness (QED) is 0.890. The lowest BCUT2D eigenvalue weighted by Crippen LogP contribution is -2.34. The van der Waals surface area contributed by atoms with Crippen LogP contribution in [0, 0.1) is 5.92 Å². The molecule has 0 bridgehead atoms. The standard InChI is InChI=1S/C15H24N2O/c1-11-6-3-4-8-14(11)18-15(12(2)16)13-7-5-9-17-10-13/h5,7,9-12,14-15H,3-4,6,8,16H2,1-2H3. The average Bonchev–Trinajstić information content (AvgIpc) is 2.38. The molecule has 3 heteroatoms. The van der Waals surface area contributed by atoms with Crippen molar-refractivity contribution in [1.82, 2.24) is 4.98 Å². The molecule has 1 heterocycles. The molecule has 2 rings (SSSR count). The van der Waals surface area contributed by atoms with E-state index in [2.05, 4.69) is 18.0 Å². The molecule has 0 aromatic carbocycles. The molecule has 1 fully saturated rings. The third-order valence-corrected chi connectivity index (χ3v) is 3.84. The van der Waals surface area contributed by atoms with Crippen LogP contribution >= 0.6 is 0 Å². The molecule has 1 aliphatic rings. The Morgan fingerprint density at radius 1 is 1.39 bits per heavy atom. The van der Waals surface area contributed by atoms with E-state index in [1.54, 1.807) is 6.20 Å². The van der Waals surface area contributed by atoms with Gasteiger partial charge in [0.25, 0.3) is 0 Å². The van der Waals surface area contributed by atoms with Gasteiger partial charge in [0.1, 0.15) is 0 Å². The third kappa shape index (κ3) is 3.30. The molecule has 1 aromatic rings. The van der Waals surface area contributed by atoms with Crippen molar-refractivity contribution < 1.29 is 4.74 Å². The number of hydrogen-bond donors (Lipinski definition) is 1. The van der Waals surface area contributed by atoms with E-state index in [1.165, 1.54) is 19.3 Å². The van der Waals surface area contributed by atoms with Gasteiger partial charge >= 0.3 is 0 Å². The first-order valence-electron chi connectivity index (χ1n) is 6.99. The first-order chi connectivity index (χ1) is 8.68. The van der Waals surface area contributed by atoms with Crippen molar-refractivity contribution in [3.8, 4) is 0 Å². The van der Waals surface area contributed by atoms with E-state index in [1.807, 2.05) is 19.2 Å². The summed E-state index contributed by atoms with van der Waals surface area (Å²) in [5.41, 5.74) is 7.17. The molecule has 1 saturated carbocycles. The first-order valence-corrected chi connectivity index (χ1v) is 6.99. The van der Waals surface area contributed by atoms with Gasteiger partial charge in [-0.1, -0.05) is 25.8 Å². The van der Waals surface area contributed by atoms with Gasteiger partial charge in [-0.3, -0.25) is 4.98 Å². The molecule has 0 spiro atoms. The number of nitrogens with two attached hydrogens (primary N) is 1. The zero-order valence-corrected chi connectivity index (χ0v) is 11.4. The predicted molar refractivity (Wildman–Crippen MR) is 73.1 cm³/mol. The van der Waals surface area contributed by atoms with Crippen LogP contribution in [0.25, 0.3) is 0 Å². The number of aromatic nitrogens is 1. The molecule has 0 saturated heterocycles. The van der Waals surface area contributed by atoms with E-state index in [-0.39, 0.29) is 12.1 Å². The van der Waals surface area contributed by atoms with E-state index < -0.39 is 0 Å². The molecule has 0 aliphatic heterocycles. The number of nitrogens with zero attached hydrogens (tertiary/aromatic N) is 1. The van der Waals surface area contributed by atoms with Crippen molar-refractivity contribution in [2.45, 2.75) is 57.8 Å². The topological polar surface area (TPSA) is 48.1 Å². The predicted octanol–water partition coefficient (Wildman–Crippen LogP) is 3.07. The maximum absolute atomic E-state index is 6.29. The Kier molecular flexibility index (Phi) is 4.72. The lowest BCUT2D eigenvalue weighted by atomic mass is 9.87. The Morgan fingerprint density at radius 3 is 2.78 bits per heavy atom. The highest BCUT2D eigenvalue weighted by atomic mass is 16.5. The fraction of sp³-hybridized carbons (Fsp3) is 0.667. The zero-order valence-electron chi connectivity index (χ0n) is 11.4. The van der Waals surface area contributed by atoms with Gasteiger partial charge in [0.05, 0.1) is 12.2 Å². The molecular formula is C15H24N2O. The van der Waals surface area contributed by atoms with Crippen LogP contribution in [-0.4, -0.2) is 17.1 Å². The summed E-state index contributed by atoms with van der Waals surface area (Å²) in [6.07, 6.45) is 8.98. The van der Waals surface area contributed by atoms with Crippen molar-refractivity contribution in [2.75, 3.05) is 0 Å². The van der Waals surface area contributed by atoms with Gasteiger partial charge in [-0.2, -0.15) is 0 Å². The van der Waals surface area contributed by atoms with E-state index in [4.69, 9.17) is 10.5 Å².